The number of nitrogens with zero attached hydrogens (tertiary/aromatic N) is 3. The monoisotopic (exact) mass is 424 g/mol. The van der Waals surface area contributed by atoms with E-state index in [4.69, 9.17) is 4.98 Å². The molecule has 0 saturated carbocycles. The van der Waals surface area contributed by atoms with E-state index in [-0.39, 0.29) is 24.4 Å². The van der Waals surface area contributed by atoms with Crippen LogP contribution in [-0.4, -0.2) is 27.9 Å². The van der Waals surface area contributed by atoms with Gasteiger partial charge in [-0.15, -0.1) is 0 Å². The molecule has 32 heavy (non-hydrogen) atoms. The number of carbonyl (C=O) groups is 2. The first-order chi connectivity index (χ1) is 15.6. The lowest BCUT2D eigenvalue weighted by atomic mass is 10.2. The van der Waals surface area contributed by atoms with Crippen LogP contribution in [0.1, 0.15) is 34.7 Å². The number of carbonyl (C=O) groups excluding carboxylic acids is 2. The standard InChI is InChI=1S/C26H24N4O2/c1-18(27-26(32)20-10-3-2-4-11-20)25-28-21-12-6-8-14-23(21)30(25)17-24(31)29-16-15-19-9-5-7-13-22(19)29/h2-14,18H,15-17H2,1H3,(H,27,32)/t18-/m0/s1. The van der Waals surface area contributed by atoms with Crippen molar-refractivity contribution in [1.82, 2.24) is 14.9 Å². The van der Waals surface area contributed by atoms with Gasteiger partial charge in [-0.3, -0.25) is 9.59 Å². The number of benzene rings is 3. The summed E-state index contributed by atoms with van der Waals surface area (Å²) in [7, 11) is 0. The number of anilines is 1. The molecule has 1 N–H and O–H groups in total. The van der Waals surface area contributed by atoms with Crippen molar-refractivity contribution in [1.29, 1.82) is 0 Å². The van der Waals surface area contributed by atoms with Crippen LogP contribution in [0.25, 0.3) is 11.0 Å². The average Bonchev–Trinajstić information content (AvgIpc) is 3.42. The van der Waals surface area contributed by atoms with E-state index in [9.17, 15) is 9.59 Å². The summed E-state index contributed by atoms with van der Waals surface area (Å²) >= 11 is 0. The molecule has 0 radical (unpaired) electrons. The van der Waals surface area contributed by atoms with E-state index >= 15 is 0 Å². The van der Waals surface area contributed by atoms with Gasteiger partial charge in [-0.05, 0) is 49.2 Å². The molecule has 160 valence electrons. The van der Waals surface area contributed by atoms with Gasteiger partial charge >= 0.3 is 0 Å². The SMILES string of the molecule is C[C@H](NC(=O)c1ccccc1)c1nc2ccccc2n1CC(=O)N1CCc2ccccc21. The van der Waals surface area contributed by atoms with Crippen molar-refractivity contribution in [2.45, 2.75) is 25.9 Å². The zero-order chi connectivity index (χ0) is 22.1. The lowest BCUT2D eigenvalue weighted by molar-refractivity contribution is -0.119. The fraction of sp³-hybridized carbons (Fsp3) is 0.192. The molecule has 6 nitrogen and oxygen atoms in total. The van der Waals surface area contributed by atoms with Crippen molar-refractivity contribution in [3.63, 3.8) is 0 Å². The number of fused-ring (bicyclic) bond motifs is 2. The Bertz CT molecular complexity index is 1300. The number of rotatable bonds is 5. The van der Waals surface area contributed by atoms with Crippen LogP contribution < -0.4 is 10.2 Å². The molecule has 2 amide bonds. The van der Waals surface area contributed by atoms with E-state index in [1.165, 1.54) is 5.56 Å². The lowest BCUT2D eigenvalue weighted by Crippen LogP contribution is -2.34. The summed E-state index contributed by atoms with van der Waals surface area (Å²) in [5.41, 5.74) is 4.45. The summed E-state index contributed by atoms with van der Waals surface area (Å²) in [4.78, 5) is 32.6. The van der Waals surface area contributed by atoms with Gasteiger partial charge in [0.05, 0.1) is 17.1 Å². The Kier molecular flexibility index (Phi) is 5.19. The molecule has 1 aliphatic heterocycles. The molecule has 0 fully saturated rings. The van der Waals surface area contributed by atoms with Crippen LogP contribution in [0.15, 0.2) is 78.9 Å². The minimum atomic E-state index is -0.367. The van der Waals surface area contributed by atoms with E-state index in [1.807, 2.05) is 77.1 Å². The van der Waals surface area contributed by atoms with E-state index in [2.05, 4.69) is 11.4 Å². The molecule has 1 aromatic heterocycles. The molecule has 5 rings (SSSR count). The maximum Gasteiger partial charge on any atom is 0.251 e. The molecule has 2 heterocycles. The maximum atomic E-state index is 13.3. The molecule has 0 aliphatic carbocycles. The van der Waals surface area contributed by atoms with E-state index in [1.54, 1.807) is 12.1 Å². The molecule has 1 atom stereocenters. The molecule has 4 aromatic rings. The predicted octanol–water partition coefficient (Wildman–Crippen LogP) is 4.12. The third-order valence-electron chi connectivity index (χ3n) is 5.94. The Balaban J connectivity index is 1.44. The highest BCUT2D eigenvalue weighted by Crippen LogP contribution is 2.28. The quantitative estimate of drug-likeness (QED) is 0.524. The molecular weight excluding hydrogens is 400 g/mol. The Hall–Kier alpha value is -3.93. The summed E-state index contributed by atoms with van der Waals surface area (Å²) in [5.74, 6) is 0.508. The summed E-state index contributed by atoms with van der Waals surface area (Å²) in [6.45, 7) is 2.74. The fourth-order valence-corrected chi connectivity index (χ4v) is 4.34. The number of amides is 2. The summed E-state index contributed by atoms with van der Waals surface area (Å²) in [6, 6.07) is 24.5. The van der Waals surface area contributed by atoms with Crippen LogP contribution in [0.3, 0.4) is 0 Å². The molecule has 0 spiro atoms. The first-order valence-electron chi connectivity index (χ1n) is 10.8. The van der Waals surface area contributed by atoms with Crippen LogP contribution >= 0.6 is 0 Å². The smallest absolute Gasteiger partial charge is 0.251 e. The number of aromatic nitrogens is 2. The average molecular weight is 425 g/mol. The Morgan fingerprint density at radius 3 is 2.53 bits per heavy atom. The van der Waals surface area contributed by atoms with Crippen LogP contribution in [-0.2, 0) is 17.8 Å². The zero-order valence-corrected chi connectivity index (χ0v) is 17.9. The highest BCUT2D eigenvalue weighted by molar-refractivity contribution is 5.96. The van der Waals surface area contributed by atoms with Crippen molar-refractivity contribution in [3.05, 3.63) is 95.8 Å². The third-order valence-corrected chi connectivity index (χ3v) is 5.94. The van der Waals surface area contributed by atoms with Crippen molar-refractivity contribution in [2.75, 3.05) is 11.4 Å². The first kappa shape index (κ1) is 20.0. The first-order valence-corrected chi connectivity index (χ1v) is 10.8. The highest BCUT2D eigenvalue weighted by Gasteiger charge is 2.27. The van der Waals surface area contributed by atoms with Crippen molar-refractivity contribution >= 4 is 28.5 Å². The predicted molar refractivity (Wildman–Crippen MR) is 125 cm³/mol. The number of nitrogens with one attached hydrogen (secondary N) is 1. The van der Waals surface area contributed by atoms with E-state index in [0.29, 0.717) is 17.9 Å². The second kappa shape index (κ2) is 8.30. The number of hydrogen-bond acceptors (Lipinski definition) is 3. The molecular formula is C26H24N4O2. The molecule has 0 unspecified atom stereocenters. The molecule has 6 heteroatoms. The van der Waals surface area contributed by atoms with Gasteiger partial charge in [-0.25, -0.2) is 4.98 Å². The second-order valence-corrected chi connectivity index (χ2v) is 8.03. The largest absolute Gasteiger partial charge is 0.342 e. The molecule has 0 bridgehead atoms. The maximum absolute atomic E-state index is 13.3. The molecule has 1 aliphatic rings. The minimum absolute atomic E-state index is 0.0148. The number of imidazole rings is 1. The fourth-order valence-electron chi connectivity index (χ4n) is 4.34. The van der Waals surface area contributed by atoms with Gasteiger partial charge in [0.25, 0.3) is 5.91 Å². The van der Waals surface area contributed by atoms with E-state index < -0.39 is 0 Å². The topological polar surface area (TPSA) is 67.2 Å². The summed E-state index contributed by atoms with van der Waals surface area (Å²) in [5, 5.41) is 3.03. The minimum Gasteiger partial charge on any atom is -0.342 e. The number of para-hydroxylation sites is 3. The van der Waals surface area contributed by atoms with Gasteiger partial charge in [0.15, 0.2) is 0 Å². The van der Waals surface area contributed by atoms with Crippen molar-refractivity contribution in [2.24, 2.45) is 0 Å². The van der Waals surface area contributed by atoms with Crippen LogP contribution in [0, 0.1) is 0 Å². The van der Waals surface area contributed by atoms with Crippen LogP contribution in [0.5, 0.6) is 0 Å². The van der Waals surface area contributed by atoms with Gasteiger partial charge in [-0.1, -0.05) is 48.5 Å². The third kappa shape index (κ3) is 3.64. The summed E-state index contributed by atoms with van der Waals surface area (Å²) in [6.07, 6.45) is 0.864. The van der Waals surface area contributed by atoms with Crippen molar-refractivity contribution < 1.29 is 9.59 Å². The van der Waals surface area contributed by atoms with Gasteiger partial charge in [0.2, 0.25) is 5.91 Å². The van der Waals surface area contributed by atoms with Gasteiger partial charge in [-0.2, -0.15) is 0 Å². The Morgan fingerprint density at radius 2 is 1.69 bits per heavy atom. The Morgan fingerprint density at radius 1 is 0.969 bits per heavy atom. The zero-order valence-electron chi connectivity index (χ0n) is 17.9. The van der Waals surface area contributed by atoms with Gasteiger partial charge in [0.1, 0.15) is 12.4 Å². The number of hydrogen-bond donors (Lipinski definition) is 1. The molecule has 3 aromatic carbocycles. The van der Waals surface area contributed by atoms with Gasteiger partial charge < -0.3 is 14.8 Å². The van der Waals surface area contributed by atoms with Crippen LogP contribution in [0.2, 0.25) is 0 Å². The second-order valence-electron chi connectivity index (χ2n) is 8.03. The highest BCUT2D eigenvalue weighted by atomic mass is 16.2. The van der Waals surface area contributed by atoms with Crippen molar-refractivity contribution in [3.8, 4) is 0 Å². The molecule has 0 saturated heterocycles. The van der Waals surface area contributed by atoms with E-state index in [0.717, 1.165) is 23.1 Å². The van der Waals surface area contributed by atoms with Gasteiger partial charge in [0, 0.05) is 17.8 Å². The van der Waals surface area contributed by atoms with Crippen LogP contribution in [0.4, 0.5) is 5.69 Å². The lowest BCUT2D eigenvalue weighted by Gasteiger charge is -2.20. The summed E-state index contributed by atoms with van der Waals surface area (Å²) < 4.78 is 1.93. The normalized spacial score (nSPS) is 13.7. The Labute approximate surface area is 186 Å².